The van der Waals surface area contributed by atoms with Crippen LogP contribution < -0.4 is 0 Å². The first-order valence-electron chi connectivity index (χ1n) is 9.13. The third kappa shape index (κ3) is 2.65. The van der Waals surface area contributed by atoms with E-state index in [0.29, 0.717) is 30.0 Å². The van der Waals surface area contributed by atoms with Crippen LogP contribution in [-0.2, 0) is 16.6 Å². The SMILES string of the molecule is Cl.Cn1cc(C(=O)OC2CC3CC4CC(C2)N3CC4=O)c2ccccc21. The van der Waals surface area contributed by atoms with Gasteiger partial charge in [-0.1, -0.05) is 18.2 Å². The molecule has 0 radical (unpaired) electrons. The van der Waals surface area contributed by atoms with Crippen molar-refractivity contribution in [1.29, 1.82) is 0 Å². The van der Waals surface area contributed by atoms with Gasteiger partial charge in [-0.25, -0.2) is 4.79 Å². The normalized spacial score (nSPS) is 32.3. The van der Waals surface area contributed by atoms with Gasteiger partial charge in [-0.15, -0.1) is 12.4 Å². The minimum atomic E-state index is -0.224. The van der Waals surface area contributed by atoms with Crippen LogP contribution in [0.2, 0.25) is 0 Å². The number of piperidine rings is 4. The fourth-order valence-corrected chi connectivity index (χ4v) is 5.13. The molecular formula is C20H23ClN2O3. The van der Waals surface area contributed by atoms with Gasteiger partial charge in [-0.3, -0.25) is 9.69 Å². The molecule has 2 unspecified atom stereocenters. The Hall–Kier alpha value is -1.85. The predicted octanol–water partition coefficient (Wildman–Crippen LogP) is 2.95. The van der Waals surface area contributed by atoms with E-state index in [-0.39, 0.29) is 30.4 Å². The highest BCUT2D eigenvalue weighted by Gasteiger charge is 2.49. The van der Waals surface area contributed by atoms with Crippen LogP contribution in [-0.4, -0.2) is 46.0 Å². The highest BCUT2D eigenvalue weighted by Crippen LogP contribution is 2.42. The second-order valence-corrected chi connectivity index (χ2v) is 7.78. The molecule has 6 rings (SSSR count). The van der Waals surface area contributed by atoms with Crippen LogP contribution in [0.3, 0.4) is 0 Å². The average Bonchev–Trinajstić information content (AvgIpc) is 2.92. The van der Waals surface area contributed by atoms with Crippen molar-refractivity contribution in [2.24, 2.45) is 13.0 Å². The van der Waals surface area contributed by atoms with E-state index in [1.165, 1.54) is 0 Å². The quantitative estimate of drug-likeness (QED) is 0.758. The van der Waals surface area contributed by atoms with Crippen LogP contribution >= 0.6 is 12.4 Å². The fourth-order valence-electron chi connectivity index (χ4n) is 5.13. The highest BCUT2D eigenvalue weighted by molar-refractivity contribution is 6.04. The summed E-state index contributed by atoms with van der Waals surface area (Å²) in [6.45, 7) is 0.601. The zero-order valence-corrected chi connectivity index (χ0v) is 15.6. The Morgan fingerprint density at radius 3 is 2.50 bits per heavy atom. The zero-order valence-electron chi connectivity index (χ0n) is 14.8. The Balaban J connectivity index is 0.00000168. The third-order valence-electron chi connectivity index (χ3n) is 6.31. The largest absolute Gasteiger partial charge is 0.459 e. The Kier molecular flexibility index (Phi) is 4.32. The van der Waals surface area contributed by atoms with Gasteiger partial charge >= 0.3 is 5.97 Å². The van der Waals surface area contributed by atoms with Gasteiger partial charge in [-0.2, -0.15) is 0 Å². The predicted molar refractivity (Wildman–Crippen MR) is 101 cm³/mol. The molecule has 26 heavy (non-hydrogen) atoms. The molecule has 2 aromatic rings. The van der Waals surface area contributed by atoms with Crippen molar-refractivity contribution < 1.29 is 14.3 Å². The van der Waals surface area contributed by atoms with Crippen LogP contribution in [0.15, 0.2) is 30.5 Å². The number of carbonyl (C=O) groups is 2. The van der Waals surface area contributed by atoms with Crippen molar-refractivity contribution in [2.75, 3.05) is 6.54 Å². The van der Waals surface area contributed by atoms with Crippen molar-refractivity contribution in [3.63, 3.8) is 0 Å². The summed E-state index contributed by atoms with van der Waals surface area (Å²) in [6.07, 6.45) is 5.43. The molecule has 2 atom stereocenters. The summed E-state index contributed by atoms with van der Waals surface area (Å²) < 4.78 is 7.88. The monoisotopic (exact) mass is 374 g/mol. The lowest BCUT2D eigenvalue weighted by Gasteiger charge is -2.54. The average molecular weight is 375 g/mol. The zero-order chi connectivity index (χ0) is 17.1. The number of para-hydroxylation sites is 1. The van der Waals surface area contributed by atoms with Gasteiger partial charge in [0.1, 0.15) is 11.9 Å². The van der Waals surface area contributed by atoms with Gasteiger partial charge in [0.05, 0.1) is 12.1 Å². The van der Waals surface area contributed by atoms with Crippen molar-refractivity contribution in [3.8, 4) is 0 Å². The van der Waals surface area contributed by atoms with E-state index in [1.54, 1.807) is 0 Å². The summed E-state index contributed by atoms with van der Waals surface area (Å²) in [6, 6.07) is 8.71. The van der Waals surface area contributed by atoms with Crippen molar-refractivity contribution in [2.45, 2.75) is 43.9 Å². The molecule has 5 heterocycles. The molecule has 0 N–H and O–H groups in total. The van der Waals surface area contributed by atoms with Gasteiger partial charge in [0, 0.05) is 55.0 Å². The molecule has 4 bridgehead atoms. The molecule has 0 amide bonds. The summed E-state index contributed by atoms with van der Waals surface area (Å²) in [5.41, 5.74) is 1.68. The molecule has 4 aliphatic heterocycles. The van der Waals surface area contributed by atoms with Crippen molar-refractivity contribution >= 4 is 35.1 Å². The number of fused-ring (bicyclic) bond motifs is 2. The maximum Gasteiger partial charge on any atom is 0.340 e. The molecule has 0 spiro atoms. The number of esters is 1. The van der Waals surface area contributed by atoms with E-state index < -0.39 is 0 Å². The van der Waals surface area contributed by atoms with Gasteiger partial charge in [0.15, 0.2) is 0 Å². The fraction of sp³-hybridized carbons (Fsp3) is 0.500. The molecule has 4 aliphatic rings. The molecule has 6 heteroatoms. The molecule has 138 valence electrons. The molecule has 1 aromatic carbocycles. The number of ether oxygens (including phenoxy) is 1. The number of hydrogen-bond acceptors (Lipinski definition) is 4. The number of Topliss-reactive ketones (excluding diaryl/α,β-unsaturated/α-hetero) is 1. The summed E-state index contributed by atoms with van der Waals surface area (Å²) in [5, 5.41) is 0.944. The number of aromatic nitrogens is 1. The molecule has 0 aliphatic carbocycles. The number of halogens is 1. The second-order valence-electron chi connectivity index (χ2n) is 7.78. The number of carbonyl (C=O) groups excluding carboxylic acids is 2. The van der Waals surface area contributed by atoms with Gasteiger partial charge in [-0.05, 0) is 18.9 Å². The van der Waals surface area contributed by atoms with E-state index >= 15 is 0 Å². The second kappa shape index (κ2) is 6.39. The minimum Gasteiger partial charge on any atom is -0.459 e. The number of aryl methyl sites for hydroxylation is 1. The Morgan fingerprint density at radius 1 is 1.12 bits per heavy atom. The first kappa shape index (κ1) is 17.6. The van der Waals surface area contributed by atoms with Crippen LogP contribution in [0.1, 0.15) is 36.0 Å². The van der Waals surface area contributed by atoms with Crippen LogP contribution in [0.25, 0.3) is 10.9 Å². The van der Waals surface area contributed by atoms with Gasteiger partial charge in [0.2, 0.25) is 0 Å². The van der Waals surface area contributed by atoms with E-state index in [1.807, 2.05) is 42.1 Å². The highest BCUT2D eigenvalue weighted by atomic mass is 35.5. The Labute approximate surface area is 158 Å². The standard InChI is InChI=1S/C20H22N2O3.ClH/c1-21-10-17(16-4-2-3-5-18(16)21)20(24)25-15-8-13-6-12-7-14(9-15)22(13)11-19(12)23;/h2-5,10,12-15H,6-9,11H2,1H3;1H. The van der Waals surface area contributed by atoms with E-state index in [9.17, 15) is 9.59 Å². The summed E-state index contributed by atoms with van der Waals surface area (Å²) in [5.74, 6) is 0.423. The summed E-state index contributed by atoms with van der Waals surface area (Å²) in [7, 11) is 1.95. The first-order chi connectivity index (χ1) is 12.1. The minimum absolute atomic E-state index is 0. The maximum atomic E-state index is 12.8. The number of hydrogen-bond donors (Lipinski definition) is 0. The van der Waals surface area contributed by atoms with Gasteiger partial charge < -0.3 is 9.30 Å². The lowest BCUT2D eigenvalue weighted by molar-refractivity contribution is -0.145. The number of ketones is 1. The maximum absolute atomic E-state index is 12.8. The number of nitrogens with zero attached hydrogens (tertiary/aromatic N) is 2. The Bertz CT molecular complexity index is 861. The summed E-state index contributed by atoms with van der Waals surface area (Å²) >= 11 is 0. The van der Waals surface area contributed by atoms with Crippen LogP contribution in [0.4, 0.5) is 0 Å². The third-order valence-corrected chi connectivity index (χ3v) is 6.31. The van der Waals surface area contributed by atoms with Gasteiger partial charge in [0.25, 0.3) is 0 Å². The molecular weight excluding hydrogens is 352 g/mol. The van der Waals surface area contributed by atoms with E-state index in [4.69, 9.17) is 4.74 Å². The van der Waals surface area contributed by atoms with Crippen LogP contribution in [0, 0.1) is 5.92 Å². The Morgan fingerprint density at radius 2 is 1.81 bits per heavy atom. The lowest BCUT2D eigenvalue weighted by Crippen LogP contribution is -2.63. The van der Waals surface area contributed by atoms with E-state index in [0.717, 1.165) is 36.6 Å². The van der Waals surface area contributed by atoms with E-state index in [2.05, 4.69) is 4.90 Å². The molecule has 0 saturated carbocycles. The molecule has 4 fully saturated rings. The molecule has 1 aromatic heterocycles. The van der Waals surface area contributed by atoms with Crippen molar-refractivity contribution in [1.82, 2.24) is 9.47 Å². The van der Waals surface area contributed by atoms with Crippen molar-refractivity contribution in [3.05, 3.63) is 36.0 Å². The molecule has 4 saturated heterocycles. The first-order valence-corrected chi connectivity index (χ1v) is 9.13. The lowest BCUT2D eigenvalue weighted by atomic mass is 9.72. The smallest absolute Gasteiger partial charge is 0.340 e. The topological polar surface area (TPSA) is 51.5 Å². The number of rotatable bonds is 2. The summed E-state index contributed by atoms with van der Waals surface area (Å²) in [4.78, 5) is 27.0. The van der Waals surface area contributed by atoms with Crippen LogP contribution in [0.5, 0.6) is 0 Å². The molecule has 5 nitrogen and oxygen atoms in total. The number of benzene rings is 1.